The van der Waals surface area contributed by atoms with Crippen molar-refractivity contribution >= 4 is 11.5 Å². The summed E-state index contributed by atoms with van der Waals surface area (Å²) in [6.07, 6.45) is 9.48. The van der Waals surface area contributed by atoms with Crippen molar-refractivity contribution in [2.24, 2.45) is 28.2 Å². The predicted octanol–water partition coefficient (Wildman–Crippen LogP) is 4.20. The Balaban J connectivity index is 1.58. The van der Waals surface area contributed by atoms with Gasteiger partial charge in [-0.25, -0.2) is 0 Å². The molecule has 3 aliphatic carbocycles. The van der Waals surface area contributed by atoms with Crippen LogP contribution in [0.1, 0.15) is 59.3 Å². The minimum Gasteiger partial charge on any atom is -0.299 e. The third-order valence-corrected chi connectivity index (χ3v) is 5.90. The van der Waals surface area contributed by atoms with Gasteiger partial charge in [-0.3, -0.25) is 9.79 Å². The molecule has 0 aromatic carbocycles. The average Bonchev–Trinajstić information content (AvgIpc) is 2.79. The van der Waals surface area contributed by atoms with E-state index in [1.165, 1.54) is 25.7 Å². The molecule has 0 spiro atoms. The Kier molecular flexibility index (Phi) is 3.60. The summed E-state index contributed by atoms with van der Waals surface area (Å²) in [4.78, 5) is 16.9. The van der Waals surface area contributed by atoms with Gasteiger partial charge in [-0.2, -0.15) is 0 Å². The first-order valence-corrected chi connectivity index (χ1v) is 8.23. The molecule has 0 aromatic heterocycles. The molecule has 2 heteroatoms. The largest absolute Gasteiger partial charge is 0.299 e. The lowest BCUT2D eigenvalue weighted by Crippen LogP contribution is -2.24. The van der Waals surface area contributed by atoms with E-state index in [1.54, 1.807) is 5.57 Å². The molecule has 0 N–H and O–H groups in total. The van der Waals surface area contributed by atoms with Crippen molar-refractivity contribution in [3.05, 3.63) is 11.6 Å². The maximum atomic E-state index is 12.1. The van der Waals surface area contributed by atoms with E-state index >= 15 is 0 Å². The first kappa shape index (κ1) is 14.0. The smallest absolute Gasteiger partial charge is 0.142 e. The molecule has 2 saturated carbocycles. The normalized spacial score (nSPS) is 35.8. The Labute approximate surface area is 122 Å². The van der Waals surface area contributed by atoms with Gasteiger partial charge in [0.2, 0.25) is 0 Å². The summed E-state index contributed by atoms with van der Waals surface area (Å²) >= 11 is 0. The van der Waals surface area contributed by atoms with Gasteiger partial charge >= 0.3 is 0 Å². The van der Waals surface area contributed by atoms with E-state index < -0.39 is 0 Å². The summed E-state index contributed by atoms with van der Waals surface area (Å²) in [5.74, 6) is 1.78. The molecule has 3 aliphatic rings. The van der Waals surface area contributed by atoms with E-state index in [0.717, 1.165) is 25.1 Å². The summed E-state index contributed by atoms with van der Waals surface area (Å²) in [5, 5.41) is 0. The molecule has 110 valence electrons. The van der Waals surface area contributed by atoms with Crippen molar-refractivity contribution in [3.8, 4) is 0 Å². The second-order valence-corrected chi connectivity index (χ2v) is 7.48. The highest BCUT2D eigenvalue weighted by Crippen LogP contribution is 2.68. The number of allylic oxidation sites excluding steroid dienone is 1. The molecular formula is C18H27NO. The van der Waals surface area contributed by atoms with Crippen LogP contribution in [0.15, 0.2) is 16.6 Å². The Morgan fingerprint density at radius 2 is 2.20 bits per heavy atom. The zero-order chi connectivity index (χ0) is 14.3. The molecule has 0 aliphatic heterocycles. The maximum absolute atomic E-state index is 12.1. The van der Waals surface area contributed by atoms with Gasteiger partial charge in [0.25, 0.3) is 0 Å². The quantitative estimate of drug-likeness (QED) is 0.557. The lowest BCUT2D eigenvalue weighted by molar-refractivity contribution is -0.120. The van der Waals surface area contributed by atoms with Crippen molar-refractivity contribution in [3.63, 3.8) is 0 Å². The number of carbonyl (C=O) groups is 1. The molecule has 3 atom stereocenters. The van der Waals surface area contributed by atoms with E-state index in [9.17, 15) is 4.79 Å². The molecule has 0 heterocycles. The SMILES string of the molecule is CC(=NCCC1=CCCCC1)C1C(=O)C[C@@H]2[C@H]1C2(C)C. The van der Waals surface area contributed by atoms with Gasteiger partial charge in [0.15, 0.2) is 0 Å². The van der Waals surface area contributed by atoms with Crippen LogP contribution in [0.3, 0.4) is 0 Å². The third-order valence-electron chi connectivity index (χ3n) is 5.90. The van der Waals surface area contributed by atoms with Gasteiger partial charge in [0, 0.05) is 18.7 Å². The molecular weight excluding hydrogens is 246 g/mol. The van der Waals surface area contributed by atoms with Crippen LogP contribution in [0, 0.1) is 23.2 Å². The Bertz CT molecular complexity index is 472. The third kappa shape index (κ3) is 2.38. The van der Waals surface area contributed by atoms with Crippen molar-refractivity contribution in [1.82, 2.24) is 0 Å². The molecule has 0 saturated heterocycles. The maximum Gasteiger partial charge on any atom is 0.142 e. The number of hydrogen-bond donors (Lipinski definition) is 0. The van der Waals surface area contributed by atoms with Crippen molar-refractivity contribution in [1.29, 1.82) is 0 Å². The second-order valence-electron chi connectivity index (χ2n) is 7.48. The fourth-order valence-electron chi connectivity index (χ4n) is 4.48. The van der Waals surface area contributed by atoms with E-state index in [0.29, 0.717) is 23.0 Å². The summed E-state index contributed by atoms with van der Waals surface area (Å²) in [6.45, 7) is 7.57. The monoisotopic (exact) mass is 273 g/mol. The van der Waals surface area contributed by atoms with Gasteiger partial charge in [-0.1, -0.05) is 25.5 Å². The highest BCUT2D eigenvalue weighted by atomic mass is 16.1. The molecule has 0 amide bonds. The van der Waals surface area contributed by atoms with Crippen molar-refractivity contribution in [2.75, 3.05) is 6.54 Å². The number of carbonyl (C=O) groups excluding carboxylic acids is 1. The zero-order valence-corrected chi connectivity index (χ0v) is 13.1. The van der Waals surface area contributed by atoms with Crippen LogP contribution in [0.2, 0.25) is 0 Å². The highest BCUT2D eigenvalue weighted by Gasteiger charge is 2.67. The van der Waals surface area contributed by atoms with Crippen LogP contribution in [0.4, 0.5) is 0 Å². The molecule has 0 radical (unpaired) electrons. The standard InChI is InChI=1S/C18H27NO/c1-12(19-10-9-13-7-5-4-6-8-13)16-15(20)11-14-17(16)18(14,2)3/h7,14,16-17H,4-6,8-11H2,1-3H3/t14-,16?,17-/m1/s1. The van der Waals surface area contributed by atoms with Crippen molar-refractivity contribution in [2.45, 2.75) is 59.3 Å². The van der Waals surface area contributed by atoms with Gasteiger partial charge in [0.05, 0.1) is 5.92 Å². The van der Waals surface area contributed by atoms with E-state index in [4.69, 9.17) is 4.99 Å². The number of hydrogen-bond acceptors (Lipinski definition) is 2. The van der Waals surface area contributed by atoms with Crippen LogP contribution in [-0.2, 0) is 4.79 Å². The highest BCUT2D eigenvalue weighted by molar-refractivity contribution is 6.07. The Hall–Kier alpha value is -0.920. The van der Waals surface area contributed by atoms with Gasteiger partial charge in [0.1, 0.15) is 5.78 Å². The number of fused-ring (bicyclic) bond motifs is 1. The number of nitrogens with zero attached hydrogens (tertiary/aromatic N) is 1. The minimum absolute atomic E-state index is 0.135. The van der Waals surface area contributed by atoms with E-state index in [1.807, 2.05) is 0 Å². The first-order valence-electron chi connectivity index (χ1n) is 8.23. The zero-order valence-electron chi connectivity index (χ0n) is 13.1. The van der Waals surface area contributed by atoms with Crippen LogP contribution < -0.4 is 0 Å². The molecule has 0 bridgehead atoms. The topological polar surface area (TPSA) is 29.4 Å². The fourth-order valence-corrected chi connectivity index (χ4v) is 4.48. The Morgan fingerprint density at radius 3 is 2.85 bits per heavy atom. The number of rotatable bonds is 4. The van der Waals surface area contributed by atoms with Gasteiger partial charge in [-0.15, -0.1) is 0 Å². The number of ketones is 1. The van der Waals surface area contributed by atoms with E-state index in [-0.39, 0.29) is 5.92 Å². The lowest BCUT2D eigenvalue weighted by atomic mass is 9.89. The summed E-state index contributed by atoms with van der Waals surface area (Å²) < 4.78 is 0. The first-order chi connectivity index (χ1) is 9.51. The molecule has 2 nitrogen and oxygen atoms in total. The van der Waals surface area contributed by atoms with Crippen LogP contribution >= 0.6 is 0 Å². The molecule has 20 heavy (non-hydrogen) atoms. The summed E-state index contributed by atoms with van der Waals surface area (Å²) in [5.41, 5.74) is 3.06. The number of aliphatic imine (C=N–C) groups is 1. The molecule has 3 rings (SSSR count). The second kappa shape index (κ2) is 5.13. The lowest BCUT2D eigenvalue weighted by Gasteiger charge is -2.17. The van der Waals surface area contributed by atoms with Crippen molar-refractivity contribution < 1.29 is 4.79 Å². The molecule has 0 aromatic rings. The summed E-state index contributed by atoms with van der Waals surface area (Å²) in [6, 6.07) is 0. The van der Waals surface area contributed by atoms with Crippen LogP contribution in [-0.4, -0.2) is 18.0 Å². The Morgan fingerprint density at radius 1 is 1.40 bits per heavy atom. The van der Waals surface area contributed by atoms with E-state index in [2.05, 4.69) is 26.8 Å². The molecule has 2 fully saturated rings. The predicted molar refractivity (Wildman–Crippen MR) is 83.0 cm³/mol. The minimum atomic E-state index is 0.135. The number of Topliss-reactive ketones (excluding diaryl/α,β-unsaturated/α-hetero) is 1. The molecule has 1 unspecified atom stereocenters. The van der Waals surface area contributed by atoms with Gasteiger partial charge in [-0.05, 0) is 56.3 Å². The fraction of sp³-hybridized carbons (Fsp3) is 0.778. The van der Waals surface area contributed by atoms with Crippen LogP contribution in [0.5, 0.6) is 0 Å². The average molecular weight is 273 g/mol. The summed E-state index contributed by atoms with van der Waals surface area (Å²) in [7, 11) is 0. The van der Waals surface area contributed by atoms with Gasteiger partial charge < -0.3 is 0 Å². The van der Waals surface area contributed by atoms with Crippen LogP contribution in [0.25, 0.3) is 0 Å².